The van der Waals surface area contributed by atoms with Gasteiger partial charge in [0.15, 0.2) is 0 Å². The fourth-order valence-electron chi connectivity index (χ4n) is 1.30. The summed E-state index contributed by atoms with van der Waals surface area (Å²) in [6, 6.07) is 5.72. The minimum atomic E-state index is -0.286. The number of hydrogen-bond acceptors (Lipinski definition) is 1. The highest BCUT2D eigenvalue weighted by molar-refractivity contribution is 9.10. The van der Waals surface area contributed by atoms with Gasteiger partial charge in [0.25, 0.3) is 5.91 Å². The summed E-state index contributed by atoms with van der Waals surface area (Å²) in [4.78, 5) is 12.4. The predicted molar refractivity (Wildman–Crippen MR) is 78.8 cm³/mol. The molecule has 0 aliphatic rings. The van der Waals surface area contributed by atoms with Crippen LogP contribution in [0.1, 0.15) is 36.7 Å². The molecular weight excluding hydrogens is 346 g/mol. The van der Waals surface area contributed by atoms with Gasteiger partial charge in [0, 0.05) is 20.4 Å². The molecule has 0 saturated heterocycles. The van der Waals surface area contributed by atoms with Crippen LogP contribution in [0.4, 0.5) is 0 Å². The number of alkyl halides is 1. The van der Waals surface area contributed by atoms with Crippen molar-refractivity contribution in [2.75, 3.05) is 0 Å². The molecule has 0 spiro atoms. The summed E-state index contributed by atoms with van der Waals surface area (Å²) in [6.07, 6.45) is 0. The lowest BCUT2D eigenvalue weighted by atomic mass is 10.00. The van der Waals surface area contributed by atoms with Crippen LogP contribution >= 0.6 is 31.9 Å². The number of hydrogen-bond donors (Lipinski definition) is 1. The summed E-state index contributed by atoms with van der Waals surface area (Å²) in [6.45, 7) is 7.95. The lowest BCUT2D eigenvalue weighted by Gasteiger charge is -2.29. The van der Waals surface area contributed by atoms with Crippen LogP contribution in [0.15, 0.2) is 22.7 Å². The van der Waals surface area contributed by atoms with E-state index in [1.807, 2.05) is 45.9 Å². The van der Waals surface area contributed by atoms with Gasteiger partial charge in [0.2, 0.25) is 0 Å². The molecule has 1 aromatic rings. The molecule has 0 radical (unpaired) electrons. The van der Waals surface area contributed by atoms with Crippen LogP contribution in [0.2, 0.25) is 0 Å². The summed E-state index contributed by atoms with van der Waals surface area (Å²) in [7, 11) is 0. The van der Waals surface area contributed by atoms with Crippen LogP contribution in [-0.2, 0) is 0 Å². The van der Waals surface area contributed by atoms with E-state index >= 15 is 0 Å². The Bertz CT molecular complexity index is 427. The van der Waals surface area contributed by atoms with Gasteiger partial charge in [-0.05, 0) is 38.5 Å². The molecule has 1 amide bonds. The standard InChI is InChI=1S/C13H17Br2NO/c1-8-5-6-10(15)7-11(8)12(17)16-13(3,4)9(2)14/h5-7,9H,1-4H3,(H,16,17). The van der Waals surface area contributed by atoms with E-state index in [1.54, 1.807) is 0 Å². The summed E-state index contributed by atoms with van der Waals surface area (Å²) in [5.74, 6) is -0.0416. The highest BCUT2D eigenvalue weighted by atomic mass is 79.9. The van der Waals surface area contributed by atoms with Crippen molar-refractivity contribution in [2.24, 2.45) is 0 Å². The Kier molecular flexibility index (Phi) is 4.78. The second-order valence-corrected chi connectivity index (χ2v) is 7.04. The molecule has 1 N–H and O–H groups in total. The molecule has 0 aromatic heterocycles. The fourth-order valence-corrected chi connectivity index (χ4v) is 1.77. The maximum absolute atomic E-state index is 12.2. The van der Waals surface area contributed by atoms with Crippen molar-refractivity contribution >= 4 is 37.8 Å². The van der Waals surface area contributed by atoms with E-state index in [4.69, 9.17) is 0 Å². The fraction of sp³-hybridized carbons (Fsp3) is 0.462. The van der Waals surface area contributed by atoms with Crippen LogP contribution in [0.25, 0.3) is 0 Å². The first kappa shape index (κ1) is 14.7. The third-order valence-electron chi connectivity index (χ3n) is 2.87. The number of rotatable bonds is 3. The summed E-state index contributed by atoms with van der Waals surface area (Å²) >= 11 is 6.89. The third-order valence-corrected chi connectivity index (χ3v) is 4.51. The van der Waals surface area contributed by atoms with E-state index < -0.39 is 0 Å². The maximum Gasteiger partial charge on any atom is 0.252 e. The molecular formula is C13H17Br2NO. The summed E-state index contributed by atoms with van der Waals surface area (Å²) in [5, 5.41) is 3.03. The summed E-state index contributed by atoms with van der Waals surface area (Å²) < 4.78 is 0.915. The highest BCUT2D eigenvalue weighted by Crippen LogP contribution is 2.20. The van der Waals surface area contributed by atoms with Crippen LogP contribution in [0.5, 0.6) is 0 Å². The van der Waals surface area contributed by atoms with Crippen molar-refractivity contribution in [3.63, 3.8) is 0 Å². The van der Waals surface area contributed by atoms with Gasteiger partial charge in [-0.3, -0.25) is 4.79 Å². The first-order valence-electron chi connectivity index (χ1n) is 5.47. The zero-order chi connectivity index (χ0) is 13.2. The molecule has 0 fully saturated rings. The number of amides is 1. The average molecular weight is 363 g/mol. The lowest BCUT2D eigenvalue weighted by Crippen LogP contribution is -2.49. The Morgan fingerprint density at radius 1 is 1.41 bits per heavy atom. The molecule has 0 aliphatic heterocycles. The second-order valence-electron chi connectivity index (χ2n) is 4.75. The third kappa shape index (κ3) is 3.81. The minimum Gasteiger partial charge on any atom is -0.346 e. The largest absolute Gasteiger partial charge is 0.346 e. The predicted octanol–water partition coefficient (Wildman–Crippen LogP) is 4.05. The van der Waals surface area contributed by atoms with Crippen molar-refractivity contribution in [1.29, 1.82) is 0 Å². The molecule has 0 heterocycles. The molecule has 4 heteroatoms. The van der Waals surface area contributed by atoms with Gasteiger partial charge in [0.1, 0.15) is 0 Å². The van der Waals surface area contributed by atoms with Crippen molar-refractivity contribution in [1.82, 2.24) is 5.32 Å². The smallest absolute Gasteiger partial charge is 0.252 e. The van der Waals surface area contributed by atoms with Crippen molar-refractivity contribution < 1.29 is 4.79 Å². The number of halogens is 2. The molecule has 0 bridgehead atoms. The number of carbonyl (C=O) groups is 1. The summed E-state index contributed by atoms with van der Waals surface area (Å²) in [5.41, 5.74) is 1.40. The molecule has 1 unspecified atom stereocenters. The zero-order valence-electron chi connectivity index (χ0n) is 10.5. The Morgan fingerprint density at radius 2 is 2.00 bits per heavy atom. The zero-order valence-corrected chi connectivity index (χ0v) is 13.6. The van der Waals surface area contributed by atoms with Crippen molar-refractivity contribution in [3.8, 4) is 0 Å². The molecule has 2 nitrogen and oxygen atoms in total. The quantitative estimate of drug-likeness (QED) is 0.807. The molecule has 1 aromatic carbocycles. The Morgan fingerprint density at radius 3 is 2.53 bits per heavy atom. The van der Waals surface area contributed by atoms with Gasteiger partial charge in [-0.1, -0.05) is 44.8 Å². The van der Waals surface area contributed by atoms with Crippen LogP contribution in [0.3, 0.4) is 0 Å². The Balaban J connectivity index is 2.94. The molecule has 17 heavy (non-hydrogen) atoms. The van der Waals surface area contributed by atoms with Gasteiger partial charge in [-0.2, -0.15) is 0 Å². The molecule has 0 aliphatic carbocycles. The van der Waals surface area contributed by atoms with Gasteiger partial charge < -0.3 is 5.32 Å². The van der Waals surface area contributed by atoms with E-state index in [-0.39, 0.29) is 16.3 Å². The Hall–Kier alpha value is -0.350. The van der Waals surface area contributed by atoms with E-state index in [0.29, 0.717) is 5.56 Å². The van der Waals surface area contributed by atoms with E-state index in [9.17, 15) is 4.79 Å². The van der Waals surface area contributed by atoms with E-state index in [2.05, 4.69) is 37.2 Å². The molecule has 94 valence electrons. The second kappa shape index (κ2) is 5.53. The normalized spacial score (nSPS) is 13.3. The van der Waals surface area contributed by atoms with Crippen molar-refractivity contribution in [3.05, 3.63) is 33.8 Å². The van der Waals surface area contributed by atoms with Gasteiger partial charge in [-0.25, -0.2) is 0 Å². The number of aryl methyl sites for hydroxylation is 1. The number of benzene rings is 1. The number of carbonyl (C=O) groups excluding carboxylic acids is 1. The number of nitrogens with one attached hydrogen (secondary N) is 1. The molecule has 0 saturated carbocycles. The minimum absolute atomic E-state index is 0.0416. The highest BCUT2D eigenvalue weighted by Gasteiger charge is 2.26. The van der Waals surface area contributed by atoms with Gasteiger partial charge in [0.05, 0.1) is 0 Å². The van der Waals surface area contributed by atoms with E-state index in [1.165, 1.54) is 0 Å². The average Bonchev–Trinajstić information content (AvgIpc) is 2.20. The van der Waals surface area contributed by atoms with Gasteiger partial charge >= 0.3 is 0 Å². The first-order chi connectivity index (χ1) is 7.74. The first-order valence-corrected chi connectivity index (χ1v) is 7.17. The van der Waals surface area contributed by atoms with Crippen LogP contribution in [-0.4, -0.2) is 16.3 Å². The topological polar surface area (TPSA) is 29.1 Å². The van der Waals surface area contributed by atoms with Crippen molar-refractivity contribution in [2.45, 2.75) is 38.1 Å². The van der Waals surface area contributed by atoms with Gasteiger partial charge in [-0.15, -0.1) is 0 Å². The van der Waals surface area contributed by atoms with Crippen LogP contribution < -0.4 is 5.32 Å². The molecule has 1 atom stereocenters. The monoisotopic (exact) mass is 361 g/mol. The van der Waals surface area contributed by atoms with Crippen LogP contribution in [0, 0.1) is 6.92 Å². The molecule has 1 rings (SSSR count). The lowest BCUT2D eigenvalue weighted by molar-refractivity contribution is 0.0913. The maximum atomic E-state index is 12.2. The van der Waals surface area contributed by atoms with E-state index in [0.717, 1.165) is 10.0 Å². The SMILES string of the molecule is Cc1ccc(Br)cc1C(=O)NC(C)(C)C(C)Br. The Labute approximate surface area is 119 Å².